The molecule has 0 saturated carbocycles. The molecule has 8 heteroatoms. The van der Waals surface area contributed by atoms with Crippen LogP contribution in [0.3, 0.4) is 0 Å². The topological polar surface area (TPSA) is 94.2 Å². The molecular weight excluding hydrogens is 374 g/mol. The highest BCUT2D eigenvalue weighted by Crippen LogP contribution is 2.31. The number of aryl methyl sites for hydroxylation is 1. The van der Waals surface area contributed by atoms with Crippen molar-refractivity contribution in [3.05, 3.63) is 54.7 Å². The Labute approximate surface area is 138 Å². The SMILES string of the molecule is Cc1cc(Cl)cc(Br)c1-n1c(N)c2c(cc1=O)C(=O)NC2=O. The minimum absolute atomic E-state index is 0.00542. The van der Waals surface area contributed by atoms with Crippen LogP contribution in [-0.4, -0.2) is 16.4 Å². The number of nitrogens with zero attached hydrogens (tertiary/aromatic N) is 1. The number of nitrogen functional groups attached to an aromatic ring is 1. The monoisotopic (exact) mass is 381 g/mol. The Morgan fingerprint density at radius 2 is 1.86 bits per heavy atom. The van der Waals surface area contributed by atoms with Gasteiger partial charge in [-0.25, -0.2) is 0 Å². The van der Waals surface area contributed by atoms with E-state index >= 15 is 0 Å². The number of hydrogen-bond donors (Lipinski definition) is 2. The van der Waals surface area contributed by atoms with Crippen LogP contribution in [-0.2, 0) is 0 Å². The number of aromatic nitrogens is 1. The Bertz CT molecular complexity index is 897. The van der Waals surface area contributed by atoms with E-state index in [1.54, 1.807) is 19.1 Å². The zero-order valence-corrected chi connectivity index (χ0v) is 13.6. The fourth-order valence-corrected chi connectivity index (χ4v) is 3.63. The molecule has 2 heterocycles. The number of pyridine rings is 1. The summed E-state index contributed by atoms with van der Waals surface area (Å²) >= 11 is 9.31. The lowest BCUT2D eigenvalue weighted by molar-refractivity contribution is 0.0880. The molecule has 1 aliphatic heterocycles. The Morgan fingerprint density at radius 1 is 1.18 bits per heavy atom. The minimum Gasteiger partial charge on any atom is -0.384 e. The van der Waals surface area contributed by atoms with Crippen molar-refractivity contribution in [3.8, 4) is 5.69 Å². The molecule has 1 aliphatic rings. The van der Waals surface area contributed by atoms with E-state index in [0.717, 1.165) is 6.07 Å². The maximum absolute atomic E-state index is 12.4. The highest BCUT2D eigenvalue weighted by molar-refractivity contribution is 9.10. The summed E-state index contributed by atoms with van der Waals surface area (Å²) in [6, 6.07) is 4.40. The number of rotatable bonds is 1. The zero-order valence-electron chi connectivity index (χ0n) is 11.2. The van der Waals surface area contributed by atoms with Gasteiger partial charge in [0, 0.05) is 15.6 Å². The van der Waals surface area contributed by atoms with Crippen LogP contribution in [0.5, 0.6) is 0 Å². The second kappa shape index (κ2) is 4.96. The highest BCUT2D eigenvalue weighted by atomic mass is 79.9. The first-order valence-corrected chi connectivity index (χ1v) is 7.35. The van der Waals surface area contributed by atoms with Crippen LogP contribution >= 0.6 is 27.5 Å². The molecule has 0 radical (unpaired) electrons. The quantitative estimate of drug-likeness (QED) is 0.738. The van der Waals surface area contributed by atoms with Crippen LogP contribution in [0.25, 0.3) is 5.69 Å². The molecule has 6 nitrogen and oxygen atoms in total. The van der Waals surface area contributed by atoms with Gasteiger partial charge in [-0.05, 0) is 40.5 Å². The molecule has 0 saturated heterocycles. The molecule has 0 spiro atoms. The van der Waals surface area contributed by atoms with Gasteiger partial charge < -0.3 is 5.73 Å². The molecule has 1 aromatic heterocycles. The van der Waals surface area contributed by atoms with Gasteiger partial charge in [0.25, 0.3) is 17.4 Å². The van der Waals surface area contributed by atoms with Gasteiger partial charge in [-0.1, -0.05) is 11.6 Å². The Balaban J connectivity index is 2.40. The van der Waals surface area contributed by atoms with E-state index in [1.807, 2.05) is 0 Å². The van der Waals surface area contributed by atoms with Gasteiger partial charge >= 0.3 is 0 Å². The molecular formula is C14H9BrClN3O3. The van der Waals surface area contributed by atoms with E-state index in [0.29, 0.717) is 20.7 Å². The summed E-state index contributed by atoms with van der Waals surface area (Å²) in [5.74, 6) is -1.33. The van der Waals surface area contributed by atoms with Gasteiger partial charge in [-0.3, -0.25) is 24.3 Å². The average Bonchev–Trinajstić information content (AvgIpc) is 2.67. The van der Waals surface area contributed by atoms with Gasteiger partial charge in [0.2, 0.25) is 0 Å². The molecule has 3 rings (SSSR count). The molecule has 2 aromatic rings. The molecule has 22 heavy (non-hydrogen) atoms. The molecule has 0 fully saturated rings. The maximum atomic E-state index is 12.4. The van der Waals surface area contributed by atoms with Crippen molar-refractivity contribution < 1.29 is 9.59 Å². The van der Waals surface area contributed by atoms with Gasteiger partial charge in [-0.2, -0.15) is 0 Å². The second-order valence-electron chi connectivity index (χ2n) is 4.83. The maximum Gasteiger partial charge on any atom is 0.262 e. The van der Waals surface area contributed by atoms with Crippen LogP contribution in [0.4, 0.5) is 5.82 Å². The van der Waals surface area contributed by atoms with Gasteiger partial charge in [0.05, 0.1) is 16.8 Å². The molecule has 3 N–H and O–H groups in total. The number of nitrogens with two attached hydrogens (primary N) is 1. The molecule has 0 atom stereocenters. The number of carbonyl (C=O) groups excluding carboxylic acids is 2. The fourth-order valence-electron chi connectivity index (χ4n) is 2.49. The van der Waals surface area contributed by atoms with Crippen LogP contribution in [0.1, 0.15) is 26.3 Å². The summed E-state index contributed by atoms with van der Waals surface area (Å²) in [5.41, 5.74) is 6.65. The zero-order chi connectivity index (χ0) is 16.2. The van der Waals surface area contributed by atoms with E-state index < -0.39 is 17.4 Å². The van der Waals surface area contributed by atoms with E-state index in [-0.39, 0.29) is 16.9 Å². The van der Waals surface area contributed by atoms with Crippen molar-refractivity contribution in [1.82, 2.24) is 9.88 Å². The number of imide groups is 1. The summed E-state index contributed by atoms with van der Waals surface area (Å²) in [4.78, 5) is 35.9. The number of amides is 2. The van der Waals surface area contributed by atoms with E-state index in [4.69, 9.17) is 17.3 Å². The van der Waals surface area contributed by atoms with Crippen molar-refractivity contribution in [2.75, 3.05) is 5.73 Å². The number of halogens is 2. The number of carbonyl (C=O) groups is 2. The summed E-state index contributed by atoms with van der Waals surface area (Å²) in [5, 5.41) is 2.62. The van der Waals surface area contributed by atoms with Crippen molar-refractivity contribution >= 4 is 45.2 Å². The first kappa shape index (κ1) is 14.8. The predicted molar refractivity (Wildman–Crippen MR) is 85.7 cm³/mol. The Kier molecular flexibility index (Phi) is 3.34. The molecule has 112 valence electrons. The lowest BCUT2D eigenvalue weighted by atomic mass is 10.1. The molecule has 2 amide bonds. The van der Waals surface area contributed by atoms with Gasteiger partial charge in [0.1, 0.15) is 5.82 Å². The van der Waals surface area contributed by atoms with Crippen LogP contribution in [0.2, 0.25) is 5.02 Å². The number of fused-ring (bicyclic) bond motifs is 1. The van der Waals surface area contributed by atoms with Crippen LogP contribution in [0.15, 0.2) is 27.5 Å². The summed E-state index contributed by atoms with van der Waals surface area (Å²) in [6.45, 7) is 1.76. The van der Waals surface area contributed by atoms with Crippen molar-refractivity contribution in [3.63, 3.8) is 0 Å². The summed E-state index contributed by atoms with van der Waals surface area (Å²) in [7, 11) is 0. The molecule has 0 aliphatic carbocycles. The van der Waals surface area contributed by atoms with Crippen molar-refractivity contribution in [1.29, 1.82) is 0 Å². The summed E-state index contributed by atoms with van der Waals surface area (Å²) < 4.78 is 1.74. The third-order valence-electron chi connectivity index (χ3n) is 3.40. The Hall–Kier alpha value is -2.12. The van der Waals surface area contributed by atoms with Crippen molar-refractivity contribution in [2.24, 2.45) is 0 Å². The van der Waals surface area contributed by atoms with Gasteiger partial charge in [-0.15, -0.1) is 0 Å². The lowest BCUT2D eigenvalue weighted by Gasteiger charge is -2.16. The average molecular weight is 383 g/mol. The fraction of sp³-hybridized carbons (Fsp3) is 0.0714. The normalized spacial score (nSPS) is 13.2. The smallest absolute Gasteiger partial charge is 0.262 e. The van der Waals surface area contributed by atoms with Crippen LogP contribution in [0, 0.1) is 6.92 Å². The third kappa shape index (κ3) is 2.05. The standard InChI is InChI=1S/C14H9BrClN3O3/c1-5-2-6(16)3-8(15)11(5)19-9(20)4-7-10(12(19)17)14(22)18-13(7)21/h2-4H,17H2,1H3,(H,18,21,22). The van der Waals surface area contributed by atoms with Gasteiger partial charge in [0.15, 0.2) is 0 Å². The van der Waals surface area contributed by atoms with E-state index in [1.165, 1.54) is 4.57 Å². The Morgan fingerprint density at radius 3 is 2.50 bits per heavy atom. The van der Waals surface area contributed by atoms with E-state index in [9.17, 15) is 14.4 Å². The highest BCUT2D eigenvalue weighted by Gasteiger charge is 2.32. The van der Waals surface area contributed by atoms with Crippen LogP contribution < -0.4 is 16.6 Å². The minimum atomic E-state index is -0.622. The predicted octanol–water partition coefficient (Wildman–Crippen LogP) is 2.03. The number of nitrogens with one attached hydrogen (secondary N) is 1. The molecule has 1 aromatic carbocycles. The molecule has 0 bridgehead atoms. The first-order valence-electron chi connectivity index (χ1n) is 6.18. The second-order valence-corrected chi connectivity index (χ2v) is 6.12. The largest absolute Gasteiger partial charge is 0.384 e. The number of hydrogen-bond acceptors (Lipinski definition) is 4. The number of benzene rings is 1. The number of anilines is 1. The summed E-state index contributed by atoms with van der Waals surface area (Å²) in [6.07, 6.45) is 0. The lowest BCUT2D eigenvalue weighted by Crippen LogP contribution is -2.25. The van der Waals surface area contributed by atoms with E-state index in [2.05, 4.69) is 21.2 Å². The molecule has 0 unspecified atom stereocenters. The van der Waals surface area contributed by atoms with Crippen molar-refractivity contribution in [2.45, 2.75) is 6.92 Å². The first-order chi connectivity index (χ1) is 10.3. The third-order valence-corrected chi connectivity index (χ3v) is 4.22.